The highest BCUT2D eigenvalue weighted by Crippen LogP contribution is 2.39. The lowest BCUT2D eigenvalue weighted by molar-refractivity contribution is 0.180. The fraction of sp³-hybridized carbons (Fsp3) is 0.733. The highest BCUT2D eigenvalue weighted by atomic mass is 16.5. The Bertz CT molecular complexity index is 494. The molecule has 1 atom stereocenters. The Morgan fingerprint density at radius 2 is 2.29 bits per heavy atom. The van der Waals surface area contributed by atoms with Crippen LogP contribution >= 0.6 is 0 Å². The van der Waals surface area contributed by atoms with E-state index < -0.39 is 0 Å². The minimum absolute atomic E-state index is 0.0168. The fourth-order valence-corrected chi connectivity index (χ4v) is 2.77. The predicted octanol–water partition coefficient (Wildman–Crippen LogP) is 2.32. The van der Waals surface area contributed by atoms with E-state index >= 15 is 0 Å². The van der Waals surface area contributed by atoms with Crippen LogP contribution in [0.15, 0.2) is 12.4 Å². The quantitative estimate of drug-likeness (QED) is 0.839. The molecule has 1 N–H and O–H groups in total. The van der Waals surface area contributed by atoms with Crippen molar-refractivity contribution in [3.05, 3.63) is 12.4 Å². The van der Waals surface area contributed by atoms with Gasteiger partial charge in [-0.05, 0) is 38.5 Å². The zero-order chi connectivity index (χ0) is 14.8. The highest BCUT2D eigenvalue weighted by Gasteiger charge is 2.41. The van der Waals surface area contributed by atoms with Crippen LogP contribution in [0.3, 0.4) is 0 Å². The average Bonchev–Trinajstić information content (AvgIpc) is 3.36. The average molecular weight is 292 g/mol. The summed E-state index contributed by atoms with van der Waals surface area (Å²) in [5.41, 5.74) is 0.754. The number of carbonyl (C=O) groups is 1. The summed E-state index contributed by atoms with van der Waals surface area (Å²) in [4.78, 5) is 14.6. The third-order valence-corrected chi connectivity index (χ3v) is 4.33. The molecule has 2 aliphatic rings. The van der Waals surface area contributed by atoms with E-state index in [0.717, 1.165) is 18.5 Å². The second-order valence-corrected chi connectivity index (χ2v) is 6.13. The van der Waals surface area contributed by atoms with Crippen molar-refractivity contribution in [1.82, 2.24) is 14.7 Å². The van der Waals surface area contributed by atoms with Gasteiger partial charge in [0.1, 0.15) is 0 Å². The van der Waals surface area contributed by atoms with Gasteiger partial charge in [0.2, 0.25) is 0 Å². The molecule has 1 aromatic rings. The molecule has 6 heteroatoms. The first-order valence-corrected chi connectivity index (χ1v) is 7.79. The number of anilines is 1. The largest absolute Gasteiger partial charge is 0.383 e. The molecule has 1 heterocycles. The van der Waals surface area contributed by atoms with Crippen LogP contribution in [0.1, 0.15) is 32.6 Å². The first kappa shape index (κ1) is 14.4. The first-order chi connectivity index (χ1) is 10.2. The van der Waals surface area contributed by atoms with E-state index in [1.165, 1.54) is 12.8 Å². The van der Waals surface area contributed by atoms with Crippen molar-refractivity contribution in [2.75, 3.05) is 19.0 Å². The Hall–Kier alpha value is -1.56. The number of nitrogens with zero attached hydrogens (tertiary/aromatic N) is 3. The molecule has 0 unspecified atom stereocenters. The van der Waals surface area contributed by atoms with Crippen LogP contribution in [-0.2, 0) is 11.3 Å². The van der Waals surface area contributed by atoms with E-state index in [1.807, 2.05) is 11.1 Å². The van der Waals surface area contributed by atoms with E-state index in [2.05, 4.69) is 17.3 Å². The van der Waals surface area contributed by atoms with Crippen molar-refractivity contribution >= 4 is 11.7 Å². The van der Waals surface area contributed by atoms with Gasteiger partial charge in [0.15, 0.2) is 0 Å². The summed E-state index contributed by atoms with van der Waals surface area (Å²) >= 11 is 0. The molecule has 21 heavy (non-hydrogen) atoms. The molecule has 0 aliphatic heterocycles. The lowest BCUT2D eigenvalue weighted by Gasteiger charge is -2.29. The van der Waals surface area contributed by atoms with Crippen LogP contribution in [0.25, 0.3) is 0 Å². The maximum absolute atomic E-state index is 12.5. The predicted molar refractivity (Wildman–Crippen MR) is 80.2 cm³/mol. The smallest absolute Gasteiger partial charge is 0.322 e. The van der Waals surface area contributed by atoms with E-state index in [0.29, 0.717) is 31.2 Å². The van der Waals surface area contributed by atoms with Gasteiger partial charge in [-0.25, -0.2) is 4.79 Å². The molecular weight excluding hydrogens is 268 g/mol. The van der Waals surface area contributed by atoms with Crippen molar-refractivity contribution in [1.29, 1.82) is 0 Å². The van der Waals surface area contributed by atoms with Gasteiger partial charge in [-0.15, -0.1) is 0 Å². The third kappa shape index (κ3) is 3.56. The van der Waals surface area contributed by atoms with Crippen molar-refractivity contribution in [3.8, 4) is 0 Å². The highest BCUT2D eigenvalue weighted by molar-refractivity contribution is 5.89. The van der Waals surface area contributed by atoms with Gasteiger partial charge in [0.05, 0.1) is 25.0 Å². The van der Waals surface area contributed by atoms with Crippen molar-refractivity contribution in [2.45, 2.75) is 51.2 Å². The topological polar surface area (TPSA) is 59.4 Å². The second-order valence-electron chi connectivity index (χ2n) is 6.13. The molecule has 3 rings (SSSR count). The van der Waals surface area contributed by atoms with Gasteiger partial charge in [0, 0.05) is 25.4 Å². The van der Waals surface area contributed by atoms with Crippen LogP contribution in [0, 0.1) is 5.92 Å². The standard InChI is InChI=1S/C15H24N4O2/c1-11(12-3-4-12)19(14-5-6-14)15(20)17-13-9-16-18(10-13)7-8-21-2/h9-12,14H,3-8H2,1-2H3,(H,17,20)/t11-/m0/s1. The van der Waals surface area contributed by atoms with Crippen LogP contribution in [-0.4, -0.2) is 46.5 Å². The van der Waals surface area contributed by atoms with Crippen LogP contribution in [0.2, 0.25) is 0 Å². The Balaban J connectivity index is 1.59. The Morgan fingerprint density at radius 3 is 2.90 bits per heavy atom. The third-order valence-electron chi connectivity index (χ3n) is 4.33. The lowest BCUT2D eigenvalue weighted by atomic mass is 10.2. The minimum atomic E-state index is 0.0168. The molecule has 0 spiro atoms. The number of amides is 2. The number of rotatable bonds is 7. The Kier molecular flexibility index (Phi) is 4.14. The van der Waals surface area contributed by atoms with E-state index in [-0.39, 0.29) is 6.03 Å². The number of hydrogen-bond acceptors (Lipinski definition) is 3. The van der Waals surface area contributed by atoms with Gasteiger partial charge in [0.25, 0.3) is 0 Å². The van der Waals surface area contributed by atoms with Crippen LogP contribution < -0.4 is 5.32 Å². The number of urea groups is 1. The number of methoxy groups -OCH3 is 1. The summed E-state index contributed by atoms with van der Waals surface area (Å²) in [6.45, 7) is 3.48. The lowest BCUT2D eigenvalue weighted by Crippen LogP contribution is -2.44. The number of carbonyl (C=O) groups excluding carboxylic acids is 1. The summed E-state index contributed by atoms with van der Waals surface area (Å²) < 4.78 is 6.81. The molecule has 116 valence electrons. The number of ether oxygens (including phenoxy) is 1. The summed E-state index contributed by atoms with van der Waals surface area (Å²) in [7, 11) is 1.67. The van der Waals surface area contributed by atoms with Gasteiger partial charge in [-0.1, -0.05) is 0 Å². The molecule has 2 fully saturated rings. The van der Waals surface area contributed by atoms with Gasteiger partial charge < -0.3 is 15.0 Å². The number of aromatic nitrogens is 2. The summed E-state index contributed by atoms with van der Waals surface area (Å²) in [5.74, 6) is 0.695. The van der Waals surface area contributed by atoms with Crippen molar-refractivity contribution in [2.24, 2.45) is 5.92 Å². The number of nitrogens with one attached hydrogen (secondary N) is 1. The molecule has 1 aromatic heterocycles. The van der Waals surface area contributed by atoms with E-state index in [1.54, 1.807) is 18.0 Å². The normalized spacial score (nSPS) is 19.3. The minimum Gasteiger partial charge on any atom is -0.383 e. The maximum atomic E-state index is 12.5. The molecule has 0 aromatic carbocycles. The molecule has 2 saturated carbocycles. The molecule has 2 aliphatic carbocycles. The SMILES string of the molecule is COCCn1cc(NC(=O)N(C2CC2)[C@@H](C)C2CC2)cn1. The molecule has 0 radical (unpaired) electrons. The molecule has 0 saturated heterocycles. The summed E-state index contributed by atoms with van der Waals surface area (Å²) in [6, 6.07) is 0.799. The maximum Gasteiger partial charge on any atom is 0.322 e. The van der Waals surface area contributed by atoms with Gasteiger partial charge in [-0.2, -0.15) is 5.10 Å². The Morgan fingerprint density at radius 1 is 1.52 bits per heavy atom. The summed E-state index contributed by atoms with van der Waals surface area (Å²) in [6.07, 6.45) is 8.33. The molecule has 2 amide bonds. The van der Waals surface area contributed by atoms with E-state index in [9.17, 15) is 4.79 Å². The van der Waals surface area contributed by atoms with E-state index in [4.69, 9.17) is 4.74 Å². The van der Waals surface area contributed by atoms with Crippen molar-refractivity contribution < 1.29 is 9.53 Å². The molecule has 6 nitrogen and oxygen atoms in total. The monoisotopic (exact) mass is 292 g/mol. The van der Waals surface area contributed by atoms with Crippen molar-refractivity contribution in [3.63, 3.8) is 0 Å². The molecule has 0 bridgehead atoms. The van der Waals surface area contributed by atoms with Gasteiger partial charge in [-0.3, -0.25) is 4.68 Å². The zero-order valence-corrected chi connectivity index (χ0v) is 12.8. The zero-order valence-electron chi connectivity index (χ0n) is 12.8. The first-order valence-electron chi connectivity index (χ1n) is 7.79. The Labute approximate surface area is 125 Å². The molecular formula is C15H24N4O2. The fourth-order valence-electron chi connectivity index (χ4n) is 2.77. The number of hydrogen-bond donors (Lipinski definition) is 1. The second kappa shape index (κ2) is 6.05. The summed E-state index contributed by atoms with van der Waals surface area (Å²) in [5, 5.41) is 7.21. The van der Waals surface area contributed by atoms with Crippen LogP contribution in [0.4, 0.5) is 10.5 Å². The van der Waals surface area contributed by atoms with Gasteiger partial charge >= 0.3 is 6.03 Å². The van der Waals surface area contributed by atoms with Crippen LogP contribution in [0.5, 0.6) is 0 Å².